The Bertz CT molecular complexity index is 967. The van der Waals surface area contributed by atoms with Crippen LogP contribution in [-0.2, 0) is 9.59 Å². The summed E-state index contributed by atoms with van der Waals surface area (Å²) in [7, 11) is 0. The highest BCUT2D eigenvalue weighted by Crippen LogP contribution is 2.30. The van der Waals surface area contributed by atoms with E-state index >= 15 is 0 Å². The van der Waals surface area contributed by atoms with Crippen molar-refractivity contribution in [3.8, 4) is 11.3 Å². The van der Waals surface area contributed by atoms with Gasteiger partial charge in [-0.05, 0) is 18.2 Å². The molecule has 1 atom stereocenters. The van der Waals surface area contributed by atoms with Crippen LogP contribution in [0.5, 0.6) is 0 Å². The Morgan fingerprint density at radius 3 is 2.89 bits per heavy atom. The first-order chi connectivity index (χ1) is 12.9. The summed E-state index contributed by atoms with van der Waals surface area (Å²) >= 11 is 0.979. The monoisotopic (exact) mass is 388 g/mol. The van der Waals surface area contributed by atoms with Crippen molar-refractivity contribution in [3.63, 3.8) is 0 Å². The number of amidine groups is 1. The molecule has 0 saturated carbocycles. The Morgan fingerprint density at radius 2 is 2.15 bits per heavy atom. The van der Waals surface area contributed by atoms with Crippen LogP contribution in [-0.4, -0.2) is 38.5 Å². The highest BCUT2D eigenvalue weighted by atomic mass is 32.2. The molecule has 0 spiro atoms. The van der Waals surface area contributed by atoms with E-state index in [2.05, 4.69) is 15.5 Å². The Balaban J connectivity index is 1.71. The predicted molar refractivity (Wildman–Crippen MR) is 97.6 cm³/mol. The number of thioether (sulfide) groups is 1. The zero-order valence-electron chi connectivity index (χ0n) is 13.6. The Kier molecular flexibility index (Phi) is 5.31. The van der Waals surface area contributed by atoms with Gasteiger partial charge in [0.1, 0.15) is 16.8 Å². The van der Waals surface area contributed by atoms with Crippen LogP contribution in [0.4, 0.5) is 5.69 Å². The molecular formula is C16H12N4O6S. The molecule has 2 heterocycles. The van der Waals surface area contributed by atoms with Gasteiger partial charge in [-0.2, -0.15) is 5.10 Å². The minimum absolute atomic E-state index is 0.0786. The number of para-hydroxylation sites is 1. The minimum Gasteiger partial charge on any atom is -0.481 e. The lowest BCUT2D eigenvalue weighted by Crippen LogP contribution is -2.26. The van der Waals surface area contributed by atoms with E-state index in [-0.39, 0.29) is 17.3 Å². The second-order valence-corrected chi connectivity index (χ2v) is 6.51. The first-order valence-electron chi connectivity index (χ1n) is 7.58. The number of carbonyl (C=O) groups excluding carboxylic acids is 1. The average molecular weight is 388 g/mol. The number of nitrogens with zero attached hydrogens (tertiary/aromatic N) is 3. The second-order valence-electron chi connectivity index (χ2n) is 5.32. The summed E-state index contributed by atoms with van der Waals surface area (Å²) in [5.41, 5.74) is 0.258. The van der Waals surface area contributed by atoms with E-state index in [0.29, 0.717) is 17.1 Å². The van der Waals surface area contributed by atoms with Crippen molar-refractivity contribution in [1.82, 2.24) is 5.32 Å². The number of hydrogen-bond donors (Lipinski definition) is 2. The molecule has 0 radical (unpaired) electrons. The molecule has 138 valence electrons. The molecule has 0 bridgehead atoms. The average Bonchev–Trinajstić information content (AvgIpc) is 3.22. The van der Waals surface area contributed by atoms with Gasteiger partial charge in [0.25, 0.3) is 5.69 Å². The Labute approximate surface area is 156 Å². The number of rotatable bonds is 6. The predicted octanol–water partition coefficient (Wildman–Crippen LogP) is 2.25. The molecule has 10 nitrogen and oxygen atoms in total. The fourth-order valence-electron chi connectivity index (χ4n) is 2.29. The Hall–Kier alpha value is -3.47. The lowest BCUT2D eigenvalue weighted by Gasteiger charge is -1.98. The molecule has 1 aromatic heterocycles. The van der Waals surface area contributed by atoms with Crippen LogP contribution in [0.2, 0.25) is 0 Å². The van der Waals surface area contributed by atoms with Crippen molar-refractivity contribution in [2.45, 2.75) is 11.7 Å². The Morgan fingerprint density at radius 1 is 1.37 bits per heavy atom. The zero-order valence-corrected chi connectivity index (χ0v) is 14.4. The van der Waals surface area contributed by atoms with E-state index in [4.69, 9.17) is 9.52 Å². The van der Waals surface area contributed by atoms with Gasteiger partial charge in [0.2, 0.25) is 5.91 Å². The van der Waals surface area contributed by atoms with Gasteiger partial charge < -0.3 is 14.8 Å². The number of nitrogens with one attached hydrogen (secondary N) is 1. The van der Waals surface area contributed by atoms with E-state index in [1.807, 2.05) is 0 Å². The third kappa shape index (κ3) is 4.39. The number of aliphatic carboxylic acids is 1. The summed E-state index contributed by atoms with van der Waals surface area (Å²) in [6, 6.07) is 9.33. The summed E-state index contributed by atoms with van der Waals surface area (Å²) in [6.07, 6.45) is 0.971. The number of carbonyl (C=O) groups is 2. The highest BCUT2D eigenvalue weighted by molar-refractivity contribution is 8.15. The minimum atomic E-state index is -1.08. The number of carboxylic acids is 1. The fourth-order valence-corrected chi connectivity index (χ4v) is 3.21. The lowest BCUT2D eigenvalue weighted by molar-refractivity contribution is -0.384. The van der Waals surface area contributed by atoms with E-state index < -0.39 is 22.0 Å². The summed E-state index contributed by atoms with van der Waals surface area (Å²) in [6.45, 7) is 0. The normalized spacial score (nSPS) is 18.1. The quantitative estimate of drug-likeness (QED) is 0.438. The number of benzene rings is 1. The molecule has 27 heavy (non-hydrogen) atoms. The van der Waals surface area contributed by atoms with E-state index in [1.54, 1.807) is 30.3 Å². The number of carboxylic acid groups (broad SMARTS) is 1. The van der Waals surface area contributed by atoms with Crippen LogP contribution >= 0.6 is 11.8 Å². The van der Waals surface area contributed by atoms with Gasteiger partial charge in [0, 0.05) is 6.07 Å². The smallest absolute Gasteiger partial charge is 0.305 e. The van der Waals surface area contributed by atoms with Gasteiger partial charge in [-0.25, -0.2) is 0 Å². The molecule has 3 rings (SSSR count). The van der Waals surface area contributed by atoms with Gasteiger partial charge in [0.05, 0.1) is 23.1 Å². The van der Waals surface area contributed by atoms with Crippen molar-refractivity contribution in [2.24, 2.45) is 10.2 Å². The summed E-state index contributed by atoms with van der Waals surface area (Å²) in [4.78, 5) is 32.9. The number of nitro benzene ring substituents is 1. The van der Waals surface area contributed by atoms with Gasteiger partial charge in [-0.15, -0.1) is 5.10 Å². The second kappa shape index (κ2) is 7.83. The third-order valence-electron chi connectivity index (χ3n) is 3.46. The molecular weight excluding hydrogens is 376 g/mol. The van der Waals surface area contributed by atoms with Crippen molar-refractivity contribution >= 4 is 40.7 Å². The molecule has 0 unspecified atom stereocenters. The number of hydrogen-bond acceptors (Lipinski definition) is 8. The number of furan rings is 1. The molecule has 1 aliphatic heterocycles. The van der Waals surface area contributed by atoms with Crippen molar-refractivity contribution in [3.05, 3.63) is 52.3 Å². The maximum atomic E-state index is 11.6. The molecule has 1 amide bonds. The summed E-state index contributed by atoms with van der Waals surface area (Å²) in [5.74, 6) is -0.899. The molecule has 1 aliphatic rings. The summed E-state index contributed by atoms with van der Waals surface area (Å²) < 4.78 is 5.53. The molecule has 0 aliphatic carbocycles. The van der Waals surface area contributed by atoms with Crippen molar-refractivity contribution in [2.75, 3.05) is 0 Å². The van der Waals surface area contributed by atoms with Gasteiger partial charge >= 0.3 is 5.97 Å². The molecule has 2 N–H and O–H groups in total. The topological polar surface area (TPSA) is 147 Å². The molecule has 2 aromatic rings. The van der Waals surface area contributed by atoms with Crippen LogP contribution in [0.3, 0.4) is 0 Å². The highest BCUT2D eigenvalue weighted by Gasteiger charge is 2.32. The van der Waals surface area contributed by atoms with Crippen molar-refractivity contribution in [1.29, 1.82) is 0 Å². The molecule has 11 heteroatoms. The molecule has 1 fully saturated rings. The van der Waals surface area contributed by atoms with Crippen LogP contribution in [0.1, 0.15) is 12.2 Å². The first kappa shape index (κ1) is 18.3. The van der Waals surface area contributed by atoms with Crippen LogP contribution < -0.4 is 5.32 Å². The molecule has 1 saturated heterocycles. The molecule has 1 aromatic carbocycles. The fraction of sp³-hybridized carbons (Fsp3) is 0.125. The number of nitro groups is 1. The van der Waals surface area contributed by atoms with Crippen LogP contribution in [0.25, 0.3) is 11.3 Å². The van der Waals surface area contributed by atoms with Crippen LogP contribution in [0.15, 0.2) is 51.0 Å². The lowest BCUT2D eigenvalue weighted by atomic mass is 10.1. The van der Waals surface area contributed by atoms with E-state index in [9.17, 15) is 19.7 Å². The zero-order chi connectivity index (χ0) is 19.4. The van der Waals surface area contributed by atoms with Gasteiger partial charge in [-0.3, -0.25) is 19.7 Å². The van der Waals surface area contributed by atoms with Gasteiger partial charge in [-0.1, -0.05) is 23.9 Å². The van der Waals surface area contributed by atoms with Crippen LogP contribution in [0, 0.1) is 10.1 Å². The maximum Gasteiger partial charge on any atom is 0.305 e. The first-order valence-corrected chi connectivity index (χ1v) is 8.46. The van der Waals surface area contributed by atoms with E-state index in [0.717, 1.165) is 11.8 Å². The third-order valence-corrected chi connectivity index (χ3v) is 4.54. The summed E-state index contributed by atoms with van der Waals surface area (Å²) in [5, 5.41) is 29.3. The van der Waals surface area contributed by atoms with Crippen molar-refractivity contribution < 1.29 is 24.0 Å². The maximum absolute atomic E-state index is 11.6. The standard InChI is InChI=1S/C16H12N4O6S/c21-14(22)7-13-15(23)18-16(27-13)19-17-8-9-5-6-12(26-9)10-3-1-2-4-11(10)20(24)25/h1-6,8,13H,7H2,(H,21,22)(H,18,19,23)/b17-8-/t13-/m1/s1. The number of amides is 1. The SMILES string of the molecule is O=C(O)C[C@H]1SC(=N/N=C\c2ccc(-c3ccccc3[N+](=O)[O-])o2)NC1=O. The van der Waals surface area contributed by atoms with Gasteiger partial charge in [0.15, 0.2) is 5.17 Å². The van der Waals surface area contributed by atoms with E-state index in [1.165, 1.54) is 12.3 Å². The largest absolute Gasteiger partial charge is 0.481 e.